The maximum atomic E-state index is 4.27. The third-order valence-corrected chi connectivity index (χ3v) is 3.57. The van der Waals surface area contributed by atoms with Crippen LogP contribution in [0, 0.1) is 6.92 Å². The average molecular weight is 226 g/mol. The number of thioether (sulfide) groups is 1. The smallest absolute Gasteiger partial charge is 0.208 e. The highest BCUT2D eigenvalue weighted by molar-refractivity contribution is 7.99. The first kappa shape index (κ1) is 11.0. The van der Waals surface area contributed by atoms with E-state index in [-0.39, 0.29) is 0 Å². The number of aromatic nitrogens is 3. The number of nitrogens with one attached hydrogen (secondary N) is 2. The number of rotatable bonds is 4. The minimum absolute atomic E-state index is 0.714. The predicted molar refractivity (Wildman–Crippen MR) is 62.1 cm³/mol. The van der Waals surface area contributed by atoms with Crippen LogP contribution in [0.5, 0.6) is 0 Å². The van der Waals surface area contributed by atoms with E-state index in [9.17, 15) is 0 Å². The fraction of sp³-hybridized carbons (Fsp3) is 0.800. The molecule has 0 spiro atoms. The molecule has 4 nitrogen and oxygen atoms in total. The Morgan fingerprint density at radius 1 is 1.47 bits per heavy atom. The zero-order valence-corrected chi connectivity index (χ0v) is 9.94. The minimum atomic E-state index is 0.714. The Labute approximate surface area is 94.6 Å². The minimum Gasteiger partial charge on any atom is -0.314 e. The normalized spacial score (nSPS) is 21.8. The second-order valence-electron chi connectivity index (χ2n) is 3.99. The Bertz CT molecular complexity index is 293. The number of aromatic amines is 1. The first-order valence-electron chi connectivity index (χ1n) is 5.60. The number of hydrogen-bond acceptors (Lipinski definition) is 4. The van der Waals surface area contributed by atoms with Crippen LogP contribution in [-0.2, 0) is 0 Å². The van der Waals surface area contributed by atoms with Gasteiger partial charge in [-0.2, -0.15) is 0 Å². The summed E-state index contributed by atoms with van der Waals surface area (Å²) in [5.74, 6) is 2.00. The van der Waals surface area contributed by atoms with Gasteiger partial charge in [-0.1, -0.05) is 18.2 Å². The molecule has 0 amide bonds. The van der Waals surface area contributed by atoms with Crippen LogP contribution in [0.3, 0.4) is 0 Å². The molecule has 5 heteroatoms. The molecule has 0 saturated carbocycles. The monoisotopic (exact) mass is 226 g/mol. The van der Waals surface area contributed by atoms with E-state index < -0.39 is 0 Å². The molecule has 1 fully saturated rings. The third kappa shape index (κ3) is 3.50. The molecule has 2 heterocycles. The molecule has 2 N–H and O–H groups in total. The van der Waals surface area contributed by atoms with Crippen molar-refractivity contribution >= 4 is 11.8 Å². The Balaban J connectivity index is 1.65. The number of nitrogens with zero attached hydrogens (tertiary/aromatic N) is 2. The molecule has 1 aliphatic rings. The average Bonchev–Trinajstić information content (AvgIpc) is 2.66. The van der Waals surface area contributed by atoms with Gasteiger partial charge in [-0.25, -0.2) is 4.98 Å². The standard InChI is InChI=1S/C10H18N4S/c1-8-12-10(14-13-8)15-7-5-9-4-2-3-6-11-9/h9,11H,2-7H2,1H3,(H,12,13,14). The largest absolute Gasteiger partial charge is 0.314 e. The van der Waals surface area contributed by atoms with Crippen molar-refractivity contribution in [1.29, 1.82) is 0 Å². The van der Waals surface area contributed by atoms with Crippen LogP contribution in [0.25, 0.3) is 0 Å². The van der Waals surface area contributed by atoms with Crippen molar-refractivity contribution in [3.8, 4) is 0 Å². The molecule has 1 aliphatic heterocycles. The summed E-state index contributed by atoms with van der Waals surface area (Å²) in [6.45, 7) is 3.12. The summed E-state index contributed by atoms with van der Waals surface area (Å²) in [6, 6.07) is 0.714. The highest BCUT2D eigenvalue weighted by Gasteiger charge is 2.12. The van der Waals surface area contributed by atoms with Gasteiger partial charge in [0.05, 0.1) is 0 Å². The lowest BCUT2D eigenvalue weighted by Crippen LogP contribution is -2.34. The summed E-state index contributed by atoms with van der Waals surface area (Å²) in [6.07, 6.45) is 5.26. The lowest BCUT2D eigenvalue weighted by molar-refractivity contribution is 0.394. The van der Waals surface area contributed by atoms with Gasteiger partial charge in [-0.05, 0) is 32.7 Å². The van der Waals surface area contributed by atoms with Gasteiger partial charge in [0, 0.05) is 11.8 Å². The van der Waals surface area contributed by atoms with Crippen molar-refractivity contribution in [2.75, 3.05) is 12.3 Å². The van der Waals surface area contributed by atoms with E-state index in [2.05, 4.69) is 20.5 Å². The summed E-state index contributed by atoms with van der Waals surface area (Å²) < 4.78 is 0. The van der Waals surface area contributed by atoms with Crippen molar-refractivity contribution in [1.82, 2.24) is 20.5 Å². The SMILES string of the molecule is Cc1nc(SCCC2CCCCN2)n[nH]1. The van der Waals surface area contributed by atoms with Gasteiger partial charge in [0.2, 0.25) is 5.16 Å². The second kappa shape index (κ2) is 5.51. The molecule has 1 aromatic heterocycles. The van der Waals surface area contributed by atoms with E-state index in [1.807, 2.05) is 6.92 Å². The van der Waals surface area contributed by atoms with Crippen LogP contribution in [0.4, 0.5) is 0 Å². The van der Waals surface area contributed by atoms with E-state index in [1.165, 1.54) is 32.2 Å². The number of H-pyrrole nitrogens is 1. The molecule has 0 bridgehead atoms. The van der Waals surface area contributed by atoms with Gasteiger partial charge in [-0.3, -0.25) is 5.10 Å². The van der Waals surface area contributed by atoms with Crippen molar-refractivity contribution in [3.05, 3.63) is 5.82 Å². The van der Waals surface area contributed by atoms with Gasteiger partial charge in [0.25, 0.3) is 0 Å². The Morgan fingerprint density at radius 2 is 2.40 bits per heavy atom. The van der Waals surface area contributed by atoms with Gasteiger partial charge in [0.1, 0.15) is 5.82 Å². The third-order valence-electron chi connectivity index (χ3n) is 2.69. The lowest BCUT2D eigenvalue weighted by atomic mass is 10.0. The fourth-order valence-electron chi connectivity index (χ4n) is 1.85. The first-order valence-corrected chi connectivity index (χ1v) is 6.58. The molecule has 1 unspecified atom stereocenters. The number of piperidine rings is 1. The van der Waals surface area contributed by atoms with E-state index >= 15 is 0 Å². The van der Waals surface area contributed by atoms with Crippen molar-refractivity contribution < 1.29 is 0 Å². The molecule has 2 rings (SSSR count). The topological polar surface area (TPSA) is 53.6 Å². The molecule has 0 aliphatic carbocycles. The molecule has 1 aromatic rings. The molecule has 84 valence electrons. The van der Waals surface area contributed by atoms with Gasteiger partial charge in [-0.15, -0.1) is 5.10 Å². The van der Waals surface area contributed by atoms with E-state index in [0.29, 0.717) is 6.04 Å². The van der Waals surface area contributed by atoms with Crippen LogP contribution in [0.1, 0.15) is 31.5 Å². The Morgan fingerprint density at radius 3 is 3.07 bits per heavy atom. The Kier molecular flexibility index (Phi) is 4.02. The van der Waals surface area contributed by atoms with Crippen LogP contribution < -0.4 is 5.32 Å². The van der Waals surface area contributed by atoms with Crippen molar-refractivity contribution in [3.63, 3.8) is 0 Å². The lowest BCUT2D eigenvalue weighted by Gasteiger charge is -2.22. The van der Waals surface area contributed by atoms with E-state index in [0.717, 1.165) is 16.7 Å². The maximum absolute atomic E-state index is 4.27. The quantitative estimate of drug-likeness (QED) is 0.768. The highest BCUT2D eigenvalue weighted by atomic mass is 32.2. The summed E-state index contributed by atoms with van der Waals surface area (Å²) >= 11 is 1.74. The first-order chi connectivity index (χ1) is 7.34. The van der Waals surface area contributed by atoms with Crippen LogP contribution in [0.15, 0.2) is 5.16 Å². The molecule has 0 radical (unpaired) electrons. The Hall–Kier alpha value is -0.550. The number of aryl methyl sites for hydroxylation is 1. The van der Waals surface area contributed by atoms with Crippen LogP contribution >= 0.6 is 11.8 Å². The summed E-state index contributed by atoms with van der Waals surface area (Å²) in [7, 11) is 0. The highest BCUT2D eigenvalue weighted by Crippen LogP contribution is 2.17. The maximum Gasteiger partial charge on any atom is 0.208 e. The summed E-state index contributed by atoms with van der Waals surface area (Å²) in [4.78, 5) is 4.27. The van der Waals surface area contributed by atoms with Gasteiger partial charge >= 0.3 is 0 Å². The summed E-state index contributed by atoms with van der Waals surface area (Å²) in [5, 5.41) is 11.4. The van der Waals surface area contributed by atoms with Crippen LogP contribution in [-0.4, -0.2) is 33.5 Å². The van der Waals surface area contributed by atoms with Crippen molar-refractivity contribution in [2.24, 2.45) is 0 Å². The number of hydrogen-bond donors (Lipinski definition) is 2. The van der Waals surface area contributed by atoms with Gasteiger partial charge < -0.3 is 5.32 Å². The zero-order valence-electron chi connectivity index (χ0n) is 9.12. The molecular formula is C10H18N4S. The molecule has 15 heavy (non-hydrogen) atoms. The molecular weight excluding hydrogens is 208 g/mol. The van der Waals surface area contributed by atoms with E-state index in [4.69, 9.17) is 0 Å². The second-order valence-corrected chi connectivity index (χ2v) is 5.05. The van der Waals surface area contributed by atoms with Gasteiger partial charge in [0.15, 0.2) is 0 Å². The summed E-state index contributed by atoms with van der Waals surface area (Å²) in [5.41, 5.74) is 0. The predicted octanol–water partition coefficient (Wildman–Crippen LogP) is 1.74. The van der Waals surface area contributed by atoms with E-state index in [1.54, 1.807) is 11.8 Å². The van der Waals surface area contributed by atoms with Crippen LogP contribution in [0.2, 0.25) is 0 Å². The van der Waals surface area contributed by atoms with Crippen molar-refractivity contribution in [2.45, 2.75) is 43.8 Å². The fourth-order valence-corrected chi connectivity index (χ4v) is 2.75. The zero-order chi connectivity index (χ0) is 10.5. The molecule has 1 saturated heterocycles. The molecule has 0 aromatic carbocycles. The molecule has 1 atom stereocenters.